The van der Waals surface area contributed by atoms with Crippen molar-refractivity contribution in [2.24, 2.45) is 0 Å². The van der Waals surface area contributed by atoms with Gasteiger partial charge in [0.05, 0.1) is 4.90 Å². The molecule has 0 fully saturated rings. The highest BCUT2D eigenvalue weighted by Crippen LogP contribution is 2.24. The lowest BCUT2D eigenvalue weighted by atomic mass is 10.3. The fourth-order valence-corrected chi connectivity index (χ4v) is 3.65. The minimum absolute atomic E-state index is 0.0760. The largest absolute Gasteiger partial charge is 0.481 e. The predicted octanol–water partition coefficient (Wildman–Crippen LogP) is 3.79. The van der Waals surface area contributed by atoms with Crippen molar-refractivity contribution in [1.82, 2.24) is 5.32 Å². The maximum absolute atomic E-state index is 12.6. The number of anilines is 1. The van der Waals surface area contributed by atoms with E-state index in [2.05, 4.69) is 10.0 Å². The molecule has 156 valence electrons. The zero-order valence-electron chi connectivity index (χ0n) is 16.5. The van der Waals surface area contributed by atoms with Crippen molar-refractivity contribution >= 4 is 21.6 Å². The molecular weight excluding hydrogens is 404 g/mol. The van der Waals surface area contributed by atoms with Gasteiger partial charge in [0.15, 0.2) is 6.10 Å². The molecule has 3 rings (SSSR count). The summed E-state index contributed by atoms with van der Waals surface area (Å²) in [4.78, 5) is 11.6. The Bertz CT molecular complexity index is 1080. The van der Waals surface area contributed by atoms with E-state index >= 15 is 0 Å². The average molecular weight is 426 g/mol. The first-order valence-corrected chi connectivity index (χ1v) is 10.7. The summed E-state index contributed by atoms with van der Waals surface area (Å²) in [5, 5.41) is 2.49. The molecule has 0 saturated heterocycles. The molecule has 0 aliphatic heterocycles. The van der Waals surface area contributed by atoms with E-state index in [-0.39, 0.29) is 10.8 Å². The molecule has 0 aliphatic rings. The Labute approximate surface area is 175 Å². The van der Waals surface area contributed by atoms with Crippen molar-refractivity contribution in [3.05, 3.63) is 78.9 Å². The summed E-state index contributed by atoms with van der Waals surface area (Å²) in [6, 6.07) is 21.8. The van der Waals surface area contributed by atoms with Gasteiger partial charge in [-0.05, 0) is 67.6 Å². The van der Waals surface area contributed by atoms with Crippen molar-refractivity contribution < 1.29 is 22.7 Å². The minimum Gasteiger partial charge on any atom is -0.481 e. The van der Waals surface area contributed by atoms with Gasteiger partial charge in [-0.25, -0.2) is 8.42 Å². The second kappa shape index (κ2) is 9.32. The van der Waals surface area contributed by atoms with Crippen LogP contribution in [0.15, 0.2) is 83.8 Å². The van der Waals surface area contributed by atoms with E-state index in [1.54, 1.807) is 31.2 Å². The molecule has 3 aromatic carbocycles. The molecule has 0 spiro atoms. The van der Waals surface area contributed by atoms with Crippen molar-refractivity contribution in [2.75, 3.05) is 11.8 Å². The zero-order chi connectivity index (χ0) is 21.6. The number of hydrogen-bond acceptors (Lipinski definition) is 5. The molecule has 2 N–H and O–H groups in total. The van der Waals surface area contributed by atoms with Gasteiger partial charge in [-0.15, -0.1) is 0 Å². The maximum atomic E-state index is 12.6. The average Bonchev–Trinajstić information content (AvgIpc) is 2.75. The van der Waals surface area contributed by atoms with Crippen molar-refractivity contribution in [1.29, 1.82) is 0 Å². The van der Waals surface area contributed by atoms with Gasteiger partial charge in [0.25, 0.3) is 15.9 Å². The summed E-state index contributed by atoms with van der Waals surface area (Å²) in [6.07, 6.45) is -0.688. The van der Waals surface area contributed by atoms with E-state index in [9.17, 15) is 13.2 Å². The van der Waals surface area contributed by atoms with Gasteiger partial charge in [-0.3, -0.25) is 9.52 Å². The number of carbonyl (C=O) groups is 1. The highest BCUT2D eigenvalue weighted by atomic mass is 32.2. The van der Waals surface area contributed by atoms with E-state index in [1.165, 1.54) is 31.3 Å². The molecule has 0 saturated carbocycles. The van der Waals surface area contributed by atoms with Crippen LogP contribution in [-0.4, -0.2) is 27.5 Å². The van der Waals surface area contributed by atoms with Crippen LogP contribution < -0.4 is 19.5 Å². The predicted molar refractivity (Wildman–Crippen MR) is 114 cm³/mol. The Morgan fingerprint density at radius 2 is 1.40 bits per heavy atom. The van der Waals surface area contributed by atoms with E-state index < -0.39 is 16.1 Å². The molecule has 1 atom stereocenters. The standard InChI is InChI=1S/C22H22N2O5S/c1-16(22(25)23-2)28-19-12-14-21(15-13-19)30(26,27)24-17-8-10-20(11-9-17)29-18-6-4-3-5-7-18/h3-16,24H,1-2H3,(H,23,25)/t16-/m1/s1. The van der Waals surface area contributed by atoms with Crippen LogP contribution in [0.2, 0.25) is 0 Å². The quantitative estimate of drug-likeness (QED) is 0.572. The number of likely N-dealkylation sites (N-methyl/N-ethyl adjacent to an activating group) is 1. The summed E-state index contributed by atoms with van der Waals surface area (Å²) in [5.74, 6) is 1.41. The number of para-hydroxylation sites is 1. The van der Waals surface area contributed by atoms with Crippen molar-refractivity contribution in [3.8, 4) is 17.2 Å². The third-order valence-corrected chi connectivity index (χ3v) is 5.55. The topological polar surface area (TPSA) is 93.7 Å². The van der Waals surface area contributed by atoms with E-state index in [1.807, 2.05) is 30.3 Å². The van der Waals surface area contributed by atoms with Crippen LogP contribution in [0.25, 0.3) is 0 Å². The molecule has 0 heterocycles. The summed E-state index contributed by atoms with van der Waals surface area (Å²) in [6.45, 7) is 1.61. The zero-order valence-corrected chi connectivity index (χ0v) is 17.3. The Balaban J connectivity index is 1.65. The van der Waals surface area contributed by atoms with E-state index in [0.717, 1.165) is 0 Å². The molecule has 0 bridgehead atoms. The summed E-state index contributed by atoms with van der Waals surface area (Å²) < 4.78 is 38.9. The molecule has 8 heteroatoms. The first-order valence-electron chi connectivity index (χ1n) is 9.21. The highest BCUT2D eigenvalue weighted by molar-refractivity contribution is 7.92. The third-order valence-electron chi connectivity index (χ3n) is 4.15. The molecule has 7 nitrogen and oxygen atoms in total. The number of carbonyl (C=O) groups excluding carboxylic acids is 1. The van der Waals surface area contributed by atoms with Gasteiger partial charge in [0.2, 0.25) is 0 Å². The fourth-order valence-electron chi connectivity index (χ4n) is 2.59. The normalized spacial score (nSPS) is 11.9. The minimum atomic E-state index is -3.78. The van der Waals surface area contributed by atoms with Gasteiger partial charge in [0.1, 0.15) is 17.2 Å². The number of sulfonamides is 1. The number of ether oxygens (including phenoxy) is 2. The first kappa shape index (κ1) is 21.2. The molecule has 3 aromatic rings. The monoisotopic (exact) mass is 426 g/mol. The second-order valence-corrected chi connectivity index (χ2v) is 8.07. The Morgan fingerprint density at radius 3 is 2.00 bits per heavy atom. The van der Waals surface area contributed by atoms with E-state index in [4.69, 9.17) is 9.47 Å². The van der Waals surface area contributed by atoms with Crippen LogP contribution in [0.3, 0.4) is 0 Å². The maximum Gasteiger partial charge on any atom is 0.261 e. The highest BCUT2D eigenvalue weighted by Gasteiger charge is 2.16. The van der Waals surface area contributed by atoms with Gasteiger partial charge in [-0.1, -0.05) is 18.2 Å². The molecule has 30 heavy (non-hydrogen) atoms. The molecular formula is C22H22N2O5S. The van der Waals surface area contributed by atoms with Crippen LogP contribution >= 0.6 is 0 Å². The lowest BCUT2D eigenvalue weighted by Crippen LogP contribution is -2.33. The molecule has 1 amide bonds. The number of nitrogens with one attached hydrogen (secondary N) is 2. The third kappa shape index (κ3) is 5.51. The lowest BCUT2D eigenvalue weighted by molar-refractivity contribution is -0.126. The Morgan fingerprint density at radius 1 is 0.833 bits per heavy atom. The number of hydrogen-bond donors (Lipinski definition) is 2. The number of benzene rings is 3. The molecule has 0 aromatic heterocycles. The molecule has 0 aliphatic carbocycles. The Kier molecular flexibility index (Phi) is 6.58. The summed E-state index contributed by atoms with van der Waals surface area (Å²) in [5.41, 5.74) is 0.406. The number of amides is 1. The van der Waals surface area contributed by atoms with Gasteiger partial charge in [0, 0.05) is 12.7 Å². The van der Waals surface area contributed by atoms with Gasteiger partial charge >= 0.3 is 0 Å². The van der Waals surface area contributed by atoms with Crippen molar-refractivity contribution in [3.63, 3.8) is 0 Å². The summed E-state index contributed by atoms with van der Waals surface area (Å²) >= 11 is 0. The van der Waals surface area contributed by atoms with Crippen LogP contribution in [0.5, 0.6) is 17.2 Å². The van der Waals surface area contributed by atoms with Crippen LogP contribution in [0.1, 0.15) is 6.92 Å². The Hall–Kier alpha value is -3.52. The lowest BCUT2D eigenvalue weighted by Gasteiger charge is -2.14. The second-order valence-electron chi connectivity index (χ2n) is 6.39. The fraction of sp³-hybridized carbons (Fsp3) is 0.136. The molecule has 0 unspecified atom stereocenters. The van der Waals surface area contributed by atoms with Crippen LogP contribution in [0, 0.1) is 0 Å². The molecule has 0 radical (unpaired) electrons. The van der Waals surface area contributed by atoms with Crippen LogP contribution in [-0.2, 0) is 14.8 Å². The van der Waals surface area contributed by atoms with Gasteiger partial charge in [-0.2, -0.15) is 0 Å². The smallest absolute Gasteiger partial charge is 0.261 e. The SMILES string of the molecule is CNC(=O)[C@@H](C)Oc1ccc(S(=O)(=O)Nc2ccc(Oc3ccccc3)cc2)cc1. The summed E-state index contributed by atoms with van der Waals surface area (Å²) in [7, 11) is -2.26. The number of rotatable bonds is 8. The van der Waals surface area contributed by atoms with Crippen LogP contribution in [0.4, 0.5) is 5.69 Å². The van der Waals surface area contributed by atoms with Gasteiger partial charge < -0.3 is 14.8 Å². The first-order chi connectivity index (χ1) is 14.4. The van der Waals surface area contributed by atoms with E-state index in [0.29, 0.717) is 22.9 Å². The van der Waals surface area contributed by atoms with Crippen molar-refractivity contribution in [2.45, 2.75) is 17.9 Å².